The van der Waals surface area contributed by atoms with Crippen molar-refractivity contribution >= 4 is 0 Å². The summed E-state index contributed by atoms with van der Waals surface area (Å²) in [5.41, 5.74) is 7.63. The molecule has 3 nitrogen and oxygen atoms in total. The van der Waals surface area contributed by atoms with E-state index in [2.05, 4.69) is 18.3 Å². The van der Waals surface area contributed by atoms with E-state index >= 15 is 0 Å². The molecule has 3 atom stereocenters. The maximum atomic E-state index is 6.36. The summed E-state index contributed by atoms with van der Waals surface area (Å²) in [5, 5.41) is 3.64. The molecule has 1 saturated carbocycles. The van der Waals surface area contributed by atoms with E-state index < -0.39 is 0 Å². The lowest BCUT2D eigenvalue weighted by atomic mass is 9.87. The van der Waals surface area contributed by atoms with E-state index in [9.17, 15) is 0 Å². The average Bonchev–Trinajstić information content (AvgIpc) is 2.87. The quantitative estimate of drug-likeness (QED) is 0.772. The van der Waals surface area contributed by atoms with Gasteiger partial charge in [0, 0.05) is 17.6 Å². The van der Waals surface area contributed by atoms with Crippen molar-refractivity contribution in [2.45, 2.75) is 64.0 Å². The van der Waals surface area contributed by atoms with Gasteiger partial charge in [-0.2, -0.15) is 0 Å². The van der Waals surface area contributed by atoms with Gasteiger partial charge >= 0.3 is 0 Å². The first-order valence-electron chi connectivity index (χ1n) is 7.82. The van der Waals surface area contributed by atoms with E-state index in [1.54, 1.807) is 6.26 Å². The molecule has 19 heavy (non-hydrogen) atoms. The van der Waals surface area contributed by atoms with Gasteiger partial charge in [-0.1, -0.05) is 26.2 Å². The minimum absolute atomic E-state index is 0.375. The molecule has 3 N–H and O–H groups in total. The van der Waals surface area contributed by atoms with E-state index in [-0.39, 0.29) is 0 Å². The van der Waals surface area contributed by atoms with Gasteiger partial charge in [0.1, 0.15) is 0 Å². The highest BCUT2D eigenvalue weighted by molar-refractivity contribution is 5.12. The molecular formula is C16H28N2O. The third-order valence-corrected chi connectivity index (χ3v) is 4.34. The molecule has 1 aliphatic carbocycles. The Morgan fingerprint density at radius 2 is 2.21 bits per heavy atom. The molecule has 3 heteroatoms. The van der Waals surface area contributed by atoms with Crippen LogP contribution in [0, 0.1) is 5.92 Å². The molecule has 1 heterocycles. The zero-order chi connectivity index (χ0) is 13.5. The normalized spacial score (nSPS) is 26.0. The average molecular weight is 264 g/mol. The maximum absolute atomic E-state index is 6.36. The first-order valence-corrected chi connectivity index (χ1v) is 7.82. The van der Waals surface area contributed by atoms with Gasteiger partial charge in [-0.3, -0.25) is 0 Å². The second kappa shape index (κ2) is 7.71. The Labute approximate surface area is 116 Å². The number of nitrogens with one attached hydrogen (secondary N) is 1. The van der Waals surface area contributed by atoms with Crippen LogP contribution < -0.4 is 11.1 Å². The van der Waals surface area contributed by atoms with Gasteiger partial charge < -0.3 is 15.5 Å². The first kappa shape index (κ1) is 14.6. The van der Waals surface area contributed by atoms with Crippen molar-refractivity contribution in [1.82, 2.24) is 5.32 Å². The molecule has 1 aliphatic rings. The molecule has 1 aromatic rings. The molecule has 1 aromatic heterocycles. The van der Waals surface area contributed by atoms with Crippen LogP contribution in [0.25, 0.3) is 0 Å². The van der Waals surface area contributed by atoms with Crippen LogP contribution in [0.4, 0.5) is 0 Å². The molecule has 0 aromatic carbocycles. The fraction of sp³-hybridized carbons (Fsp3) is 0.750. The fourth-order valence-corrected chi connectivity index (χ4v) is 3.14. The van der Waals surface area contributed by atoms with Gasteiger partial charge in [-0.25, -0.2) is 0 Å². The Hall–Kier alpha value is -0.800. The predicted octanol–water partition coefficient (Wildman–Crippen LogP) is 3.62. The standard InChI is InChI=1S/C16H28N2O/c1-2-9-18-16(14-8-10-19-12-14)11-13-6-4-3-5-7-15(13)17/h8,10,12-13,15-16,18H,2-7,9,11,17H2,1H3. The van der Waals surface area contributed by atoms with Gasteiger partial charge in [0.2, 0.25) is 0 Å². The van der Waals surface area contributed by atoms with Gasteiger partial charge in [0.05, 0.1) is 12.5 Å². The molecule has 0 bridgehead atoms. The molecule has 2 rings (SSSR count). The molecule has 1 fully saturated rings. The zero-order valence-corrected chi connectivity index (χ0v) is 12.1. The summed E-state index contributed by atoms with van der Waals surface area (Å²) in [5.74, 6) is 0.645. The Bertz CT molecular complexity index is 337. The van der Waals surface area contributed by atoms with Crippen molar-refractivity contribution in [1.29, 1.82) is 0 Å². The summed E-state index contributed by atoms with van der Waals surface area (Å²) in [4.78, 5) is 0. The summed E-state index contributed by atoms with van der Waals surface area (Å²) in [6.07, 6.45) is 12.4. The summed E-state index contributed by atoms with van der Waals surface area (Å²) in [7, 11) is 0. The van der Waals surface area contributed by atoms with Crippen LogP contribution in [0.3, 0.4) is 0 Å². The van der Waals surface area contributed by atoms with Crippen LogP contribution in [-0.4, -0.2) is 12.6 Å². The van der Waals surface area contributed by atoms with Crippen LogP contribution in [-0.2, 0) is 0 Å². The monoisotopic (exact) mass is 264 g/mol. The minimum Gasteiger partial charge on any atom is -0.472 e. The van der Waals surface area contributed by atoms with Gasteiger partial charge in [0.25, 0.3) is 0 Å². The molecule has 0 saturated heterocycles. The van der Waals surface area contributed by atoms with Crippen molar-refractivity contribution in [3.63, 3.8) is 0 Å². The van der Waals surface area contributed by atoms with Crippen LogP contribution >= 0.6 is 0 Å². The summed E-state index contributed by atoms with van der Waals surface area (Å²) >= 11 is 0. The van der Waals surface area contributed by atoms with Crippen molar-refractivity contribution < 1.29 is 4.42 Å². The molecule has 108 valence electrons. The molecule has 0 radical (unpaired) electrons. The SMILES string of the molecule is CCCNC(CC1CCCCCC1N)c1ccoc1. The number of nitrogens with two attached hydrogens (primary N) is 1. The Balaban J connectivity index is 1.97. The van der Waals surface area contributed by atoms with Gasteiger partial charge in [-0.05, 0) is 44.2 Å². The molecular weight excluding hydrogens is 236 g/mol. The lowest BCUT2D eigenvalue weighted by Crippen LogP contribution is -2.33. The summed E-state index contributed by atoms with van der Waals surface area (Å²) < 4.78 is 5.24. The van der Waals surface area contributed by atoms with Crippen molar-refractivity contribution in [3.8, 4) is 0 Å². The number of hydrogen-bond donors (Lipinski definition) is 2. The molecule has 3 unspecified atom stereocenters. The molecule has 0 amide bonds. The Kier molecular flexibility index (Phi) is 5.93. The second-order valence-electron chi connectivity index (χ2n) is 5.86. The summed E-state index contributed by atoms with van der Waals surface area (Å²) in [6, 6.07) is 2.85. The van der Waals surface area contributed by atoms with Crippen molar-refractivity contribution in [2.75, 3.05) is 6.54 Å². The fourth-order valence-electron chi connectivity index (χ4n) is 3.14. The van der Waals surface area contributed by atoms with Crippen molar-refractivity contribution in [2.24, 2.45) is 11.7 Å². The predicted molar refractivity (Wildman–Crippen MR) is 78.9 cm³/mol. The Morgan fingerprint density at radius 1 is 1.37 bits per heavy atom. The third-order valence-electron chi connectivity index (χ3n) is 4.34. The highest BCUT2D eigenvalue weighted by Gasteiger charge is 2.24. The van der Waals surface area contributed by atoms with Gasteiger partial charge in [0.15, 0.2) is 0 Å². The first-order chi connectivity index (χ1) is 9.31. The molecule has 0 spiro atoms. The number of rotatable bonds is 6. The van der Waals surface area contributed by atoms with E-state index in [0.717, 1.165) is 19.4 Å². The van der Waals surface area contributed by atoms with E-state index in [1.165, 1.54) is 37.7 Å². The minimum atomic E-state index is 0.375. The topological polar surface area (TPSA) is 51.2 Å². The van der Waals surface area contributed by atoms with Crippen molar-refractivity contribution in [3.05, 3.63) is 24.2 Å². The largest absolute Gasteiger partial charge is 0.472 e. The van der Waals surface area contributed by atoms with Gasteiger partial charge in [-0.15, -0.1) is 0 Å². The second-order valence-corrected chi connectivity index (χ2v) is 5.86. The van der Waals surface area contributed by atoms with Crippen LogP contribution in [0.1, 0.15) is 63.5 Å². The number of hydrogen-bond acceptors (Lipinski definition) is 3. The zero-order valence-electron chi connectivity index (χ0n) is 12.1. The summed E-state index contributed by atoms with van der Waals surface area (Å²) in [6.45, 7) is 3.26. The molecule has 0 aliphatic heterocycles. The van der Waals surface area contributed by atoms with Crippen LogP contribution in [0.15, 0.2) is 23.0 Å². The Morgan fingerprint density at radius 3 is 2.95 bits per heavy atom. The lowest BCUT2D eigenvalue weighted by Gasteiger charge is -2.27. The lowest BCUT2D eigenvalue weighted by molar-refractivity contribution is 0.320. The number of furan rings is 1. The highest BCUT2D eigenvalue weighted by atomic mass is 16.3. The van der Waals surface area contributed by atoms with E-state index in [4.69, 9.17) is 10.2 Å². The third kappa shape index (κ3) is 4.36. The van der Waals surface area contributed by atoms with Crippen LogP contribution in [0.5, 0.6) is 0 Å². The highest BCUT2D eigenvalue weighted by Crippen LogP contribution is 2.30. The van der Waals surface area contributed by atoms with E-state index in [0.29, 0.717) is 18.0 Å². The smallest absolute Gasteiger partial charge is 0.0950 e. The van der Waals surface area contributed by atoms with Crippen LogP contribution in [0.2, 0.25) is 0 Å². The van der Waals surface area contributed by atoms with E-state index in [1.807, 2.05) is 6.26 Å². The maximum Gasteiger partial charge on any atom is 0.0950 e.